The molecule has 7 heteroatoms. The molecule has 0 bridgehead atoms. The molecule has 3 aromatic carbocycles. The van der Waals surface area contributed by atoms with Gasteiger partial charge in [0.2, 0.25) is 0 Å². The molecular formula is C32H26Cl2N2O3. The van der Waals surface area contributed by atoms with Gasteiger partial charge in [-0.2, -0.15) is 0 Å². The van der Waals surface area contributed by atoms with Crippen LogP contribution in [0.1, 0.15) is 52.5 Å². The summed E-state index contributed by atoms with van der Waals surface area (Å²) in [6.07, 6.45) is 4.17. The molecule has 5 nitrogen and oxygen atoms in total. The number of para-hydroxylation sites is 2. The summed E-state index contributed by atoms with van der Waals surface area (Å²) in [4.78, 5) is 33.8. The molecule has 1 amide bonds. The van der Waals surface area contributed by atoms with Crippen molar-refractivity contribution in [2.75, 3.05) is 11.4 Å². The quantitative estimate of drug-likeness (QED) is 0.243. The van der Waals surface area contributed by atoms with E-state index in [0.717, 1.165) is 58.3 Å². The Morgan fingerprint density at radius 3 is 2.64 bits per heavy atom. The molecule has 0 spiro atoms. The minimum Gasteiger partial charge on any atom is -0.449 e. The SMILES string of the molecule is C[C@H](OC(=O)c1c2c(nc3ccccc13)/C(=C/c1cccc(Cl)c1Cl)CCC2)C(=O)N1CCc2ccccc21. The maximum atomic E-state index is 13.8. The van der Waals surface area contributed by atoms with Gasteiger partial charge in [0, 0.05) is 17.6 Å². The van der Waals surface area contributed by atoms with E-state index in [4.69, 9.17) is 32.9 Å². The monoisotopic (exact) mass is 556 g/mol. The maximum absolute atomic E-state index is 13.8. The van der Waals surface area contributed by atoms with E-state index in [1.807, 2.05) is 66.7 Å². The lowest BCUT2D eigenvalue weighted by atomic mass is 9.86. The van der Waals surface area contributed by atoms with Crippen LogP contribution in [-0.4, -0.2) is 29.5 Å². The highest BCUT2D eigenvalue weighted by molar-refractivity contribution is 6.43. The number of pyridine rings is 1. The predicted molar refractivity (Wildman–Crippen MR) is 156 cm³/mol. The van der Waals surface area contributed by atoms with Gasteiger partial charge in [0.05, 0.1) is 26.8 Å². The van der Waals surface area contributed by atoms with E-state index in [1.54, 1.807) is 17.9 Å². The summed E-state index contributed by atoms with van der Waals surface area (Å²) in [5, 5.41) is 1.68. The lowest BCUT2D eigenvalue weighted by Crippen LogP contribution is -2.39. The smallest absolute Gasteiger partial charge is 0.339 e. The van der Waals surface area contributed by atoms with Crippen LogP contribution in [0.3, 0.4) is 0 Å². The molecule has 2 heterocycles. The second-order valence-electron chi connectivity index (χ2n) is 9.91. The van der Waals surface area contributed by atoms with E-state index in [-0.39, 0.29) is 5.91 Å². The first kappa shape index (κ1) is 25.6. The van der Waals surface area contributed by atoms with Crippen LogP contribution in [0.4, 0.5) is 5.69 Å². The third-order valence-corrected chi connectivity index (χ3v) is 8.30. The van der Waals surface area contributed by atoms with E-state index in [2.05, 4.69) is 0 Å². The fourth-order valence-electron chi connectivity index (χ4n) is 5.58. The van der Waals surface area contributed by atoms with Crippen molar-refractivity contribution in [1.29, 1.82) is 0 Å². The molecule has 196 valence electrons. The minimum atomic E-state index is -0.935. The number of fused-ring (bicyclic) bond motifs is 3. The summed E-state index contributed by atoms with van der Waals surface area (Å²) >= 11 is 12.7. The van der Waals surface area contributed by atoms with Crippen molar-refractivity contribution in [2.24, 2.45) is 0 Å². The largest absolute Gasteiger partial charge is 0.449 e. The Balaban J connectivity index is 1.37. The molecule has 0 saturated heterocycles. The molecule has 39 heavy (non-hydrogen) atoms. The lowest BCUT2D eigenvalue weighted by Gasteiger charge is -2.25. The minimum absolute atomic E-state index is 0.225. The number of benzene rings is 3. The summed E-state index contributed by atoms with van der Waals surface area (Å²) in [7, 11) is 0. The van der Waals surface area contributed by atoms with E-state index in [9.17, 15) is 9.59 Å². The van der Waals surface area contributed by atoms with E-state index in [1.165, 1.54) is 0 Å². The van der Waals surface area contributed by atoms with Gasteiger partial charge in [0.15, 0.2) is 6.10 Å². The number of rotatable bonds is 4. The van der Waals surface area contributed by atoms with Crippen molar-refractivity contribution in [3.63, 3.8) is 0 Å². The van der Waals surface area contributed by atoms with Gasteiger partial charge < -0.3 is 9.64 Å². The summed E-state index contributed by atoms with van der Waals surface area (Å²) < 4.78 is 5.87. The van der Waals surface area contributed by atoms with Crippen LogP contribution in [0.5, 0.6) is 0 Å². The molecule has 1 aliphatic heterocycles. The molecule has 0 saturated carbocycles. The van der Waals surface area contributed by atoms with Gasteiger partial charge in [-0.15, -0.1) is 0 Å². The fraction of sp³-hybridized carbons (Fsp3) is 0.219. The molecule has 6 rings (SSSR count). The van der Waals surface area contributed by atoms with Crippen molar-refractivity contribution in [2.45, 2.75) is 38.7 Å². The van der Waals surface area contributed by atoms with Gasteiger partial charge in [0.1, 0.15) is 0 Å². The van der Waals surface area contributed by atoms with Crippen LogP contribution < -0.4 is 4.90 Å². The number of carbonyl (C=O) groups is 2. The first-order valence-electron chi connectivity index (χ1n) is 13.1. The number of halogens is 2. The first-order valence-corrected chi connectivity index (χ1v) is 13.8. The Morgan fingerprint density at radius 1 is 0.974 bits per heavy atom. The number of amides is 1. The standard InChI is InChI=1S/C32H26Cl2N2O3/c1-19(31(37)36-17-16-20-8-2-5-15-27(20)36)39-32(38)28-23-11-3-4-14-26(23)35-30-22(10-6-12-24(28)30)18-21-9-7-13-25(33)29(21)34/h2-5,7-9,11,13-15,18-19H,6,10,12,16-17H2,1H3/b22-18+/t19-/m0/s1. The third-order valence-electron chi connectivity index (χ3n) is 7.47. The van der Waals surface area contributed by atoms with Gasteiger partial charge in [-0.1, -0.05) is 71.7 Å². The number of carbonyl (C=O) groups excluding carboxylic acids is 2. The summed E-state index contributed by atoms with van der Waals surface area (Å²) in [5.41, 5.74) is 6.55. The average molecular weight is 557 g/mol. The normalized spacial score (nSPS) is 16.2. The second-order valence-corrected chi connectivity index (χ2v) is 10.7. The number of ether oxygens (including phenoxy) is 1. The maximum Gasteiger partial charge on any atom is 0.339 e. The molecule has 0 unspecified atom stereocenters. The zero-order valence-electron chi connectivity index (χ0n) is 21.4. The van der Waals surface area contributed by atoms with E-state index >= 15 is 0 Å². The topological polar surface area (TPSA) is 59.5 Å². The van der Waals surface area contributed by atoms with Crippen LogP contribution >= 0.6 is 23.2 Å². The lowest BCUT2D eigenvalue weighted by molar-refractivity contribution is -0.126. The first-order chi connectivity index (χ1) is 18.9. The highest BCUT2D eigenvalue weighted by Gasteiger charge is 2.32. The number of allylic oxidation sites excluding steroid dienone is 1. The Labute approximate surface area is 237 Å². The van der Waals surface area contributed by atoms with Gasteiger partial charge in [0.25, 0.3) is 5.91 Å². The van der Waals surface area contributed by atoms with Gasteiger partial charge >= 0.3 is 5.97 Å². The van der Waals surface area contributed by atoms with Crippen molar-refractivity contribution in [3.8, 4) is 0 Å². The third kappa shape index (κ3) is 4.70. The van der Waals surface area contributed by atoms with Crippen molar-refractivity contribution in [1.82, 2.24) is 4.98 Å². The van der Waals surface area contributed by atoms with Crippen LogP contribution in [-0.2, 0) is 22.4 Å². The van der Waals surface area contributed by atoms with E-state index < -0.39 is 12.1 Å². The van der Waals surface area contributed by atoms with Gasteiger partial charge in [-0.25, -0.2) is 9.78 Å². The highest BCUT2D eigenvalue weighted by Crippen LogP contribution is 2.38. The van der Waals surface area contributed by atoms with Crippen molar-refractivity contribution in [3.05, 3.63) is 105 Å². The number of hydrogen-bond donors (Lipinski definition) is 0. The molecule has 0 N–H and O–H groups in total. The van der Waals surface area contributed by atoms with Crippen LogP contribution in [0.25, 0.3) is 22.6 Å². The summed E-state index contributed by atoms with van der Waals surface area (Å²) in [6.45, 7) is 2.22. The van der Waals surface area contributed by atoms with Gasteiger partial charge in [-0.3, -0.25) is 4.79 Å². The predicted octanol–water partition coefficient (Wildman–Crippen LogP) is 7.55. The summed E-state index contributed by atoms with van der Waals surface area (Å²) in [5.74, 6) is -0.739. The summed E-state index contributed by atoms with van der Waals surface area (Å²) in [6, 6.07) is 20.9. The molecule has 2 aliphatic rings. The number of nitrogens with zero attached hydrogens (tertiary/aromatic N) is 2. The highest BCUT2D eigenvalue weighted by atomic mass is 35.5. The number of esters is 1. The van der Waals surface area contributed by atoms with Crippen LogP contribution in [0.2, 0.25) is 10.0 Å². The molecule has 0 fully saturated rings. The zero-order chi connectivity index (χ0) is 27.1. The fourth-order valence-corrected chi connectivity index (χ4v) is 5.95. The Kier molecular flexibility index (Phi) is 6.88. The zero-order valence-corrected chi connectivity index (χ0v) is 22.9. The molecule has 0 radical (unpaired) electrons. The molecule has 4 aromatic rings. The molecule has 1 aromatic heterocycles. The van der Waals surface area contributed by atoms with Crippen LogP contribution in [0.15, 0.2) is 66.7 Å². The van der Waals surface area contributed by atoms with Crippen LogP contribution in [0, 0.1) is 0 Å². The van der Waals surface area contributed by atoms with E-state index in [0.29, 0.717) is 34.1 Å². The number of anilines is 1. The Morgan fingerprint density at radius 2 is 1.77 bits per heavy atom. The van der Waals surface area contributed by atoms with Crippen molar-refractivity contribution >= 4 is 63.3 Å². The Bertz CT molecular complexity index is 1660. The Hall–Kier alpha value is -3.67. The number of aromatic nitrogens is 1. The number of hydrogen-bond acceptors (Lipinski definition) is 4. The molecule has 1 atom stereocenters. The second kappa shape index (κ2) is 10.5. The van der Waals surface area contributed by atoms with Crippen molar-refractivity contribution < 1.29 is 14.3 Å². The average Bonchev–Trinajstić information content (AvgIpc) is 3.38. The molecular weight excluding hydrogens is 531 g/mol. The van der Waals surface area contributed by atoms with Gasteiger partial charge in [-0.05, 0) is 79.1 Å². The molecule has 1 aliphatic carbocycles.